The quantitative estimate of drug-likeness (QED) is 0.352. The lowest BCUT2D eigenvalue weighted by Gasteiger charge is -2.33. The van der Waals surface area contributed by atoms with E-state index in [9.17, 15) is 18.0 Å². The summed E-state index contributed by atoms with van der Waals surface area (Å²) in [7, 11) is -2.67. The molecule has 3 rings (SSSR count). The zero-order valence-electron chi connectivity index (χ0n) is 21.7. The minimum Gasteiger partial charge on any atom is -0.357 e. The van der Waals surface area contributed by atoms with Gasteiger partial charge in [0, 0.05) is 23.6 Å². The molecule has 0 aliphatic heterocycles. The lowest BCUT2D eigenvalue weighted by Crippen LogP contribution is -2.51. The third kappa shape index (κ3) is 6.67. The van der Waals surface area contributed by atoms with E-state index in [2.05, 4.69) is 5.32 Å². The van der Waals surface area contributed by atoms with Crippen LogP contribution in [-0.2, 0) is 26.2 Å². The number of nitrogens with one attached hydrogen (secondary N) is 1. The Hall–Kier alpha value is -3.07. The van der Waals surface area contributed by atoms with E-state index in [1.807, 2.05) is 13.8 Å². The fourth-order valence-corrected chi connectivity index (χ4v) is 5.77. The van der Waals surface area contributed by atoms with Crippen molar-refractivity contribution in [2.75, 3.05) is 17.9 Å². The molecule has 0 spiro atoms. The van der Waals surface area contributed by atoms with Gasteiger partial charge < -0.3 is 10.2 Å². The molecule has 7 nitrogen and oxygen atoms in total. The minimum absolute atomic E-state index is 0.0103. The van der Waals surface area contributed by atoms with Crippen molar-refractivity contribution in [3.8, 4) is 0 Å². The Balaban J connectivity index is 2.10. The van der Waals surface area contributed by atoms with Gasteiger partial charge in [0.2, 0.25) is 11.8 Å². The van der Waals surface area contributed by atoms with Crippen molar-refractivity contribution >= 4 is 50.7 Å². The number of hydrogen-bond donors (Lipinski definition) is 1. The Morgan fingerprint density at radius 1 is 0.947 bits per heavy atom. The Labute approximate surface area is 234 Å². The number of anilines is 1. The molecule has 0 saturated heterocycles. The fraction of sp³-hybridized carbons (Fsp3) is 0.286. The summed E-state index contributed by atoms with van der Waals surface area (Å²) in [6.07, 6.45) is 0.323. The van der Waals surface area contributed by atoms with Crippen LogP contribution in [0.25, 0.3) is 0 Å². The van der Waals surface area contributed by atoms with Gasteiger partial charge in [-0.15, -0.1) is 0 Å². The van der Waals surface area contributed by atoms with Crippen LogP contribution in [0.1, 0.15) is 30.0 Å². The highest BCUT2D eigenvalue weighted by Crippen LogP contribution is 2.28. The van der Waals surface area contributed by atoms with Gasteiger partial charge >= 0.3 is 0 Å². The highest BCUT2D eigenvalue weighted by Gasteiger charge is 2.33. The minimum atomic E-state index is -4.17. The van der Waals surface area contributed by atoms with Crippen molar-refractivity contribution in [2.24, 2.45) is 0 Å². The van der Waals surface area contributed by atoms with E-state index in [0.29, 0.717) is 27.7 Å². The predicted octanol–water partition coefficient (Wildman–Crippen LogP) is 5.36. The molecule has 0 fully saturated rings. The molecular weight excluding hydrogens is 545 g/mol. The van der Waals surface area contributed by atoms with E-state index < -0.39 is 28.5 Å². The van der Waals surface area contributed by atoms with Crippen LogP contribution in [0.3, 0.4) is 0 Å². The molecular formula is C28H31Cl2N3O4S. The number of halogens is 2. The largest absolute Gasteiger partial charge is 0.357 e. The van der Waals surface area contributed by atoms with Crippen LogP contribution >= 0.6 is 23.2 Å². The molecule has 1 unspecified atom stereocenters. The van der Waals surface area contributed by atoms with Crippen molar-refractivity contribution in [2.45, 2.75) is 44.7 Å². The Bertz CT molecular complexity index is 1410. The molecule has 0 saturated carbocycles. The summed E-state index contributed by atoms with van der Waals surface area (Å²) in [5.41, 5.74) is 2.83. The van der Waals surface area contributed by atoms with Gasteiger partial charge in [-0.25, -0.2) is 8.42 Å². The van der Waals surface area contributed by atoms with Crippen molar-refractivity contribution in [1.29, 1.82) is 0 Å². The molecule has 0 aliphatic carbocycles. The first-order valence-electron chi connectivity index (χ1n) is 12.1. The number of sulfonamides is 1. The van der Waals surface area contributed by atoms with Gasteiger partial charge in [-0.3, -0.25) is 13.9 Å². The zero-order chi connectivity index (χ0) is 28.0. The van der Waals surface area contributed by atoms with Crippen LogP contribution in [0.15, 0.2) is 71.6 Å². The maximum absolute atomic E-state index is 13.9. The van der Waals surface area contributed by atoms with E-state index in [4.69, 9.17) is 23.2 Å². The lowest BCUT2D eigenvalue weighted by molar-refractivity contribution is -0.140. The van der Waals surface area contributed by atoms with E-state index in [1.54, 1.807) is 49.4 Å². The van der Waals surface area contributed by atoms with E-state index in [-0.39, 0.29) is 17.3 Å². The molecule has 2 amide bonds. The third-order valence-electron chi connectivity index (χ3n) is 6.39. The molecule has 0 aliphatic rings. The van der Waals surface area contributed by atoms with Crippen molar-refractivity contribution in [1.82, 2.24) is 10.2 Å². The summed E-state index contributed by atoms with van der Waals surface area (Å²) in [5, 5.41) is 3.43. The summed E-state index contributed by atoms with van der Waals surface area (Å²) in [6, 6.07) is 17.2. The summed E-state index contributed by atoms with van der Waals surface area (Å²) in [5.74, 6) is -0.901. The monoisotopic (exact) mass is 575 g/mol. The lowest BCUT2D eigenvalue weighted by atomic mass is 10.1. The number of amides is 2. The summed E-state index contributed by atoms with van der Waals surface area (Å²) in [4.78, 5) is 28.1. The number of rotatable bonds is 10. The number of nitrogens with zero attached hydrogens (tertiary/aromatic N) is 2. The van der Waals surface area contributed by atoms with Gasteiger partial charge in [-0.2, -0.15) is 0 Å². The average molecular weight is 577 g/mol. The van der Waals surface area contributed by atoms with Gasteiger partial charge in [0.05, 0.1) is 10.6 Å². The van der Waals surface area contributed by atoms with Crippen LogP contribution in [0.5, 0.6) is 0 Å². The predicted molar refractivity (Wildman–Crippen MR) is 152 cm³/mol. The van der Waals surface area contributed by atoms with Crippen molar-refractivity contribution in [3.63, 3.8) is 0 Å². The second kappa shape index (κ2) is 12.7. The molecule has 10 heteroatoms. The maximum atomic E-state index is 13.9. The van der Waals surface area contributed by atoms with Gasteiger partial charge in [0.15, 0.2) is 0 Å². The molecule has 0 heterocycles. The number of carbonyl (C=O) groups is 2. The summed E-state index contributed by atoms with van der Waals surface area (Å²) in [6.45, 7) is 5.09. The fourth-order valence-electron chi connectivity index (χ4n) is 4.04. The number of benzene rings is 3. The molecule has 0 bridgehead atoms. The molecule has 3 aromatic carbocycles. The molecule has 1 N–H and O–H groups in total. The summed E-state index contributed by atoms with van der Waals surface area (Å²) < 4.78 is 28.8. The third-order valence-corrected chi connectivity index (χ3v) is 8.80. The average Bonchev–Trinajstić information content (AvgIpc) is 2.89. The van der Waals surface area contributed by atoms with Crippen LogP contribution in [0.2, 0.25) is 10.0 Å². The van der Waals surface area contributed by atoms with E-state index in [0.717, 1.165) is 15.4 Å². The van der Waals surface area contributed by atoms with Gasteiger partial charge in [-0.05, 0) is 79.4 Å². The van der Waals surface area contributed by atoms with Crippen LogP contribution in [-0.4, -0.2) is 44.8 Å². The number of aryl methyl sites for hydroxylation is 2. The molecule has 202 valence electrons. The van der Waals surface area contributed by atoms with E-state index in [1.165, 1.54) is 36.2 Å². The Morgan fingerprint density at radius 2 is 1.61 bits per heavy atom. The maximum Gasteiger partial charge on any atom is 0.264 e. The Morgan fingerprint density at radius 3 is 2.18 bits per heavy atom. The van der Waals surface area contributed by atoms with Gasteiger partial charge in [-0.1, -0.05) is 54.4 Å². The second-order valence-electron chi connectivity index (χ2n) is 8.89. The standard InChI is InChI=1S/C28H31Cl2N3O4S/c1-5-26(28(35)31-4)32(17-21-8-6-7-9-25(21)30)27(34)18-33(23-13-10-19(2)20(3)16-23)38(36,37)24-14-11-22(29)12-15-24/h6-16,26H,5,17-18H2,1-4H3,(H,31,35). The molecule has 3 aromatic rings. The van der Waals surface area contributed by atoms with Crippen molar-refractivity contribution < 1.29 is 18.0 Å². The molecule has 0 aromatic heterocycles. The highest BCUT2D eigenvalue weighted by molar-refractivity contribution is 7.92. The first-order chi connectivity index (χ1) is 18.0. The van der Waals surface area contributed by atoms with Crippen molar-refractivity contribution in [3.05, 3.63) is 93.5 Å². The summed E-state index contributed by atoms with van der Waals surface area (Å²) >= 11 is 12.4. The first kappa shape index (κ1) is 29.5. The van der Waals surface area contributed by atoms with Crippen LogP contribution in [0.4, 0.5) is 5.69 Å². The van der Waals surface area contributed by atoms with Gasteiger partial charge in [0.25, 0.3) is 10.0 Å². The smallest absolute Gasteiger partial charge is 0.264 e. The van der Waals surface area contributed by atoms with E-state index >= 15 is 0 Å². The topological polar surface area (TPSA) is 86.8 Å². The number of likely N-dealkylation sites (N-methyl/N-ethyl adjacent to an activating group) is 1. The second-order valence-corrected chi connectivity index (χ2v) is 11.6. The first-order valence-corrected chi connectivity index (χ1v) is 14.3. The normalized spacial score (nSPS) is 12.1. The van der Waals surface area contributed by atoms with Crippen LogP contribution in [0, 0.1) is 13.8 Å². The SMILES string of the molecule is CCC(C(=O)NC)N(Cc1ccccc1Cl)C(=O)CN(c1ccc(C)c(C)c1)S(=O)(=O)c1ccc(Cl)cc1. The molecule has 1 atom stereocenters. The molecule has 0 radical (unpaired) electrons. The van der Waals surface area contributed by atoms with Crippen LogP contribution < -0.4 is 9.62 Å². The number of hydrogen-bond acceptors (Lipinski definition) is 4. The highest BCUT2D eigenvalue weighted by atomic mass is 35.5. The molecule has 38 heavy (non-hydrogen) atoms. The number of carbonyl (C=O) groups excluding carboxylic acids is 2. The Kier molecular flexibility index (Phi) is 9.82. The zero-order valence-corrected chi connectivity index (χ0v) is 24.1. The van der Waals surface area contributed by atoms with Gasteiger partial charge in [0.1, 0.15) is 12.6 Å².